The van der Waals surface area contributed by atoms with Crippen molar-refractivity contribution >= 4 is 17.4 Å². The smallest absolute Gasteiger partial charge is 0.237 e. The van der Waals surface area contributed by atoms with Crippen LogP contribution in [0.2, 0.25) is 0 Å². The lowest BCUT2D eigenvalue weighted by Gasteiger charge is -2.18. The summed E-state index contributed by atoms with van der Waals surface area (Å²) in [6.45, 7) is 2.24. The summed E-state index contributed by atoms with van der Waals surface area (Å²) in [7, 11) is 0. The van der Waals surface area contributed by atoms with E-state index in [1.54, 1.807) is 11.1 Å². The van der Waals surface area contributed by atoms with Gasteiger partial charge in [0.05, 0.1) is 18.7 Å². The van der Waals surface area contributed by atoms with Crippen molar-refractivity contribution in [3.8, 4) is 0 Å². The van der Waals surface area contributed by atoms with Crippen molar-refractivity contribution in [1.29, 1.82) is 0 Å². The first-order valence-corrected chi connectivity index (χ1v) is 6.14. The number of aromatic nitrogens is 2. The predicted octanol–water partition coefficient (Wildman–Crippen LogP) is 1.46. The van der Waals surface area contributed by atoms with Gasteiger partial charge in [-0.15, -0.1) is 0 Å². The topological polar surface area (TPSA) is 72.1 Å². The van der Waals surface area contributed by atoms with Crippen molar-refractivity contribution in [1.82, 2.24) is 9.97 Å². The van der Waals surface area contributed by atoms with Crippen molar-refractivity contribution < 1.29 is 4.79 Å². The molecular formula is C14H14N4O. The molecule has 0 unspecified atom stereocenters. The number of amides is 1. The lowest BCUT2D eigenvalue weighted by atomic mass is 10.2. The summed E-state index contributed by atoms with van der Waals surface area (Å²) in [5, 5.41) is 0. The number of rotatable bonds is 2. The van der Waals surface area contributed by atoms with Gasteiger partial charge in [-0.05, 0) is 18.6 Å². The van der Waals surface area contributed by atoms with Gasteiger partial charge in [-0.25, -0.2) is 9.97 Å². The minimum Gasteiger partial charge on any atom is -0.324 e. The molecular weight excluding hydrogens is 240 g/mol. The van der Waals surface area contributed by atoms with Gasteiger partial charge in [0.1, 0.15) is 11.6 Å². The van der Waals surface area contributed by atoms with Crippen LogP contribution in [-0.4, -0.2) is 15.9 Å². The van der Waals surface area contributed by atoms with Gasteiger partial charge < -0.3 is 5.73 Å². The number of carbonyl (C=O) groups excluding carboxylic acids is 1. The number of hydrogen-bond acceptors (Lipinski definition) is 4. The largest absolute Gasteiger partial charge is 0.324 e. The maximum Gasteiger partial charge on any atom is 0.237 e. The van der Waals surface area contributed by atoms with Gasteiger partial charge in [-0.3, -0.25) is 9.69 Å². The van der Waals surface area contributed by atoms with Gasteiger partial charge in [0.15, 0.2) is 0 Å². The van der Waals surface area contributed by atoms with Crippen molar-refractivity contribution in [3.05, 3.63) is 47.4 Å². The van der Waals surface area contributed by atoms with E-state index in [9.17, 15) is 4.79 Å². The van der Waals surface area contributed by atoms with Crippen LogP contribution in [0, 0.1) is 6.92 Å². The van der Waals surface area contributed by atoms with Gasteiger partial charge >= 0.3 is 0 Å². The van der Waals surface area contributed by atoms with Gasteiger partial charge in [-0.1, -0.05) is 18.2 Å². The molecule has 1 aliphatic heterocycles. The highest BCUT2D eigenvalue weighted by Crippen LogP contribution is 2.34. The highest BCUT2D eigenvalue weighted by atomic mass is 16.2. The SMILES string of the molecule is Cc1ccccc1N1C(=O)Cc2cnc(CN)nc21. The zero-order chi connectivity index (χ0) is 13.4. The second-order valence-corrected chi connectivity index (χ2v) is 4.53. The fourth-order valence-corrected chi connectivity index (χ4v) is 2.27. The number of anilines is 2. The van der Waals surface area contributed by atoms with Gasteiger partial charge in [0.25, 0.3) is 0 Å². The van der Waals surface area contributed by atoms with E-state index in [1.807, 2.05) is 31.2 Å². The third-order valence-corrected chi connectivity index (χ3v) is 3.23. The van der Waals surface area contributed by atoms with Crippen LogP contribution in [0.5, 0.6) is 0 Å². The Labute approximate surface area is 111 Å². The summed E-state index contributed by atoms with van der Waals surface area (Å²) >= 11 is 0. The zero-order valence-electron chi connectivity index (χ0n) is 10.6. The van der Waals surface area contributed by atoms with Gasteiger partial charge in [0, 0.05) is 11.8 Å². The number of fused-ring (bicyclic) bond motifs is 1. The van der Waals surface area contributed by atoms with E-state index in [-0.39, 0.29) is 12.5 Å². The summed E-state index contributed by atoms with van der Waals surface area (Å²) in [6, 6.07) is 7.77. The number of aryl methyl sites for hydroxylation is 1. The Morgan fingerprint density at radius 2 is 2.16 bits per heavy atom. The molecule has 0 bridgehead atoms. The van der Waals surface area contributed by atoms with Crippen LogP contribution in [0.25, 0.3) is 0 Å². The lowest BCUT2D eigenvalue weighted by Crippen LogP contribution is -2.22. The molecule has 0 fully saturated rings. The fraction of sp³-hybridized carbons (Fsp3) is 0.214. The van der Waals surface area contributed by atoms with Gasteiger partial charge in [-0.2, -0.15) is 0 Å². The first kappa shape index (κ1) is 11.8. The number of nitrogens with two attached hydrogens (primary N) is 1. The van der Waals surface area contributed by atoms with E-state index in [0.29, 0.717) is 18.1 Å². The van der Waals surface area contributed by atoms with Crippen LogP contribution >= 0.6 is 0 Å². The zero-order valence-corrected chi connectivity index (χ0v) is 10.6. The Balaban J connectivity index is 2.14. The minimum atomic E-state index is 0.0211. The molecule has 96 valence electrons. The Kier molecular flexibility index (Phi) is 2.76. The molecule has 0 radical (unpaired) electrons. The number of benzene rings is 1. The lowest BCUT2D eigenvalue weighted by molar-refractivity contribution is -0.116. The van der Waals surface area contributed by atoms with Crippen molar-refractivity contribution in [3.63, 3.8) is 0 Å². The number of nitrogens with zero attached hydrogens (tertiary/aromatic N) is 3. The van der Waals surface area contributed by atoms with E-state index in [2.05, 4.69) is 9.97 Å². The van der Waals surface area contributed by atoms with Crippen LogP contribution in [-0.2, 0) is 17.8 Å². The first-order valence-electron chi connectivity index (χ1n) is 6.14. The number of para-hydroxylation sites is 1. The average Bonchev–Trinajstić information content (AvgIpc) is 2.74. The molecule has 1 aliphatic rings. The molecule has 2 heterocycles. The second kappa shape index (κ2) is 4.44. The quantitative estimate of drug-likeness (QED) is 0.880. The molecule has 2 N–H and O–H groups in total. The van der Waals surface area contributed by atoms with Crippen LogP contribution < -0.4 is 10.6 Å². The Hall–Kier alpha value is -2.27. The normalized spacial score (nSPS) is 13.8. The predicted molar refractivity (Wildman–Crippen MR) is 72.0 cm³/mol. The third kappa shape index (κ3) is 1.88. The van der Waals surface area contributed by atoms with Crippen molar-refractivity contribution in [2.24, 2.45) is 5.73 Å². The molecule has 1 aromatic heterocycles. The van der Waals surface area contributed by atoms with Crippen LogP contribution in [0.15, 0.2) is 30.5 Å². The summed E-state index contributed by atoms with van der Waals surface area (Å²) in [6.07, 6.45) is 2.04. The molecule has 2 aromatic rings. The monoisotopic (exact) mass is 254 g/mol. The summed E-state index contributed by atoms with van der Waals surface area (Å²) in [5.74, 6) is 1.23. The molecule has 0 aliphatic carbocycles. The summed E-state index contributed by atoms with van der Waals surface area (Å²) in [4.78, 5) is 22.4. The Morgan fingerprint density at radius 3 is 2.89 bits per heavy atom. The molecule has 0 atom stereocenters. The molecule has 5 nitrogen and oxygen atoms in total. The average molecular weight is 254 g/mol. The van der Waals surface area contributed by atoms with Crippen LogP contribution in [0.3, 0.4) is 0 Å². The van der Waals surface area contributed by atoms with E-state index in [1.165, 1.54) is 0 Å². The fourth-order valence-electron chi connectivity index (χ4n) is 2.27. The maximum atomic E-state index is 12.2. The number of carbonyl (C=O) groups is 1. The first-order chi connectivity index (χ1) is 9.20. The minimum absolute atomic E-state index is 0.0211. The van der Waals surface area contributed by atoms with Crippen LogP contribution in [0.4, 0.5) is 11.5 Å². The van der Waals surface area contributed by atoms with E-state index < -0.39 is 0 Å². The highest BCUT2D eigenvalue weighted by Gasteiger charge is 2.31. The molecule has 1 amide bonds. The molecule has 5 heteroatoms. The van der Waals surface area contributed by atoms with E-state index in [0.717, 1.165) is 16.8 Å². The standard InChI is InChI=1S/C14H14N4O/c1-9-4-2-3-5-11(9)18-13(19)6-10-8-16-12(7-15)17-14(10)18/h2-5,8H,6-7,15H2,1H3. The van der Waals surface area contributed by atoms with Gasteiger partial charge in [0.2, 0.25) is 5.91 Å². The molecule has 1 aromatic carbocycles. The molecule has 3 rings (SSSR count). The Morgan fingerprint density at radius 1 is 1.37 bits per heavy atom. The van der Waals surface area contributed by atoms with Crippen molar-refractivity contribution in [2.75, 3.05) is 4.90 Å². The van der Waals surface area contributed by atoms with Crippen LogP contribution in [0.1, 0.15) is 17.0 Å². The maximum absolute atomic E-state index is 12.2. The molecule has 0 saturated carbocycles. The summed E-state index contributed by atoms with van der Waals surface area (Å²) in [5.41, 5.74) is 8.32. The highest BCUT2D eigenvalue weighted by molar-refractivity contribution is 6.06. The second-order valence-electron chi connectivity index (χ2n) is 4.53. The molecule has 0 saturated heterocycles. The third-order valence-electron chi connectivity index (χ3n) is 3.23. The van der Waals surface area contributed by atoms with E-state index >= 15 is 0 Å². The van der Waals surface area contributed by atoms with E-state index in [4.69, 9.17) is 5.73 Å². The Bertz CT molecular complexity index is 654. The number of hydrogen-bond donors (Lipinski definition) is 1. The molecule has 19 heavy (non-hydrogen) atoms. The van der Waals surface area contributed by atoms with Crippen molar-refractivity contribution in [2.45, 2.75) is 19.9 Å². The summed E-state index contributed by atoms with van der Waals surface area (Å²) < 4.78 is 0. The molecule has 0 spiro atoms.